The summed E-state index contributed by atoms with van der Waals surface area (Å²) in [5, 5.41) is 0. The second kappa shape index (κ2) is 12.9. The van der Waals surface area contributed by atoms with Crippen LogP contribution in [0.4, 0.5) is 18.9 Å². The lowest BCUT2D eigenvalue weighted by molar-refractivity contribution is -0.133. The summed E-state index contributed by atoms with van der Waals surface area (Å²) in [6.07, 6.45) is 6.05. The number of pyridine rings is 1. The molecule has 0 unspecified atom stereocenters. The molecule has 2 aliphatic rings. The van der Waals surface area contributed by atoms with Crippen molar-refractivity contribution in [2.45, 2.75) is 42.5 Å². The number of nitrogens with zero attached hydrogens (tertiary/aromatic N) is 4. The summed E-state index contributed by atoms with van der Waals surface area (Å²) in [6.45, 7) is 6.24. The number of carbonyl (C=O) groups is 1. The quantitative estimate of drug-likeness (QED) is 0.417. The first-order valence-electron chi connectivity index (χ1n) is 12.9. The molecule has 2 aromatic rings. The van der Waals surface area contributed by atoms with E-state index in [0.717, 1.165) is 82.7 Å². The van der Waals surface area contributed by atoms with Crippen molar-refractivity contribution in [1.29, 1.82) is 0 Å². The number of hydrogen-bond acceptors (Lipinski definition) is 6. The van der Waals surface area contributed by atoms with E-state index < -0.39 is 5.51 Å². The zero-order valence-electron chi connectivity index (χ0n) is 21.3. The van der Waals surface area contributed by atoms with Crippen LogP contribution >= 0.6 is 11.8 Å². The van der Waals surface area contributed by atoms with Crippen LogP contribution in [0.2, 0.25) is 0 Å². The fourth-order valence-corrected chi connectivity index (χ4v) is 5.68. The number of carbonyl (C=O) groups excluding carboxylic acids is 1. The van der Waals surface area contributed by atoms with Gasteiger partial charge in [0.25, 0.3) is 0 Å². The molecule has 10 heteroatoms. The summed E-state index contributed by atoms with van der Waals surface area (Å²) in [4.78, 5) is 24.1. The monoisotopic (exact) mass is 536 g/mol. The number of amides is 1. The fourth-order valence-electron chi connectivity index (χ4n) is 5.14. The maximum absolute atomic E-state index is 12.9. The van der Waals surface area contributed by atoms with Gasteiger partial charge in [-0.05, 0) is 73.7 Å². The molecule has 0 aliphatic carbocycles. The van der Waals surface area contributed by atoms with Gasteiger partial charge in [-0.2, -0.15) is 13.2 Å². The first kappa shape index (κ1) is 27.6. The van der Waals surface area contributed by atoms with E-state index in [1.165, 1.54) is 12.1 Å². The minimum atomic E-state index is -4.27. The molecule has 1 aromatic carbocycles. The third-order valence-electron chi connectivity index (χ3n) is 7.09. The molecule has 0 bridgehead atoms. The van der Waals surface area contributed by atoms with Gasteiger partial charge in [0.1, 0.15) is 0 Å². The average molecular weight is 537 g/mol. The summed E-state index contributed by atoms with van der Waals surface area (Å²) < 4.78 is 42.8. The largest absolute Gasteiger partial charge is 0.481 e. The van der Waals surface area contributed by atoms with E-state index in [-0.39, 0.29) is 22.6 Å². The number of piperazine rings is 1. The van der Waals surface area contributed by atoms with E-state index in [4.69, 9.17) is 4.74 Å². The SMILES string of the molecule is COc1ccc(N2CCN(CCCC(=O)N3CCC[C@H](Cc4ccc(SC(F)(F)F)cc4)C3)CC2)cn1. The van der Waals surface area contributed by atoms with Crippen molar-refractivity contribution < 1.29 is 22.7 Å². The van der Waals surface area contributed by atoms with Gasteiger partial charge in [-0.1, -0.05) is 12.1 Å². The lowest BCUT2D eigenvalue weighted by Gasteiger charge is -2.36. The number of thioether (sulfide) groups is 1. The summed E-state index contributed by atoms with van der Waals surface area (Å²) >= 11 is -0.0876. The zero-order valence-corrected chi connectivity index (χ0v) is 22.1. The standard InChI is InChI=1S/C27H35F3N4O2S/c1-36-25-11-8-23(19-31-25)33-16-14-32(15-17-33)12-3-5-26(35)34-13-2-4-22(20-34)18-21-6-9-24(10-7-21)37-27(28,29)30/h6-11,19,22H,2-5,12-18,20H2,1H3/t22-/m1/s1. The summed E-state index contributed by atoms with van der Waals surface area (Å²) in [6, 6.07) is 10.5. The van der Waals surface area contributed by atoms with Gasteiger partial charge < -0.3 is 14.5 Å². The molecule has 3 heterocycles. The molecule has 0 spiro atoms. The van der Waals surface area contributed by atoms with Gasteiger partial charge >= 0.3 is 5.51 Å². The van der Waals surface area contributed by atoms with Crippen LogP contribution in [0.5, 0.6) is 5.88 Å². The Hall–Kier alpha value is -2.46. The van der Waals surface area contributed by atoms with Crippen LogP contribution in [0.15, 0.2) is 47.5 Å². The number of piperidine rings is 1. The number of hydrogen-bond donors (Lipinski definition) is 0. The minimum absolute atomic E-state index is 0.0876. The second-order valence-corrected chi connectivity index (χ2v) is 10.9. The Labute approximate surface area is 221 Å². The van der Waals surface area contributed by atoms with Crippen LogP contribution in [-0.4, -0.2) is 79.1 Å². The molecule has 1 aromatic heterocycles. The Morgan fingerprint density at radius 2 is 1.84 bits per heavy atom. The molecule has 37 heavy (non-hydrogen) atoms. The van der Waals surface area contributed by atoms with Crippen LogP contribution in [0.1, 0.15) is 31.2 Å². The number of rotatable bonds is 9. The lowest BCUT2D eigenvalue weighted by Crippen LogP contribution is -2.47. The van der Waals surface area contributed by atoms with Crippen molar-refractivity contribution >= 4 is 23.4 Å². The fraction of sp³-hybridized carbons (Fsp3) is 0.556. The molecule has 2 aliphatic heterocycles. The number of aromatic nitrogens is 1. The molecule has 0 saturated carbocycles. The molecule has 6 nitrogen and oxygen atoms in total. The highest BCUT2D eigenvalue weighted by Crippen LogP contribution is 2.37. The number of benzene rings is 1. The maximum atomic E-state index is 12.9. The van der Waals surface area contributed by atoms with E-state index in [1.807, 2.05) is 23.2 Å². The summed E-state index contributed by atoms with van der Waals surface area (Å²) in [5.41, 5.74) is -2.14. The molecule has 1 amide bonds. The number of halogens is 3. The topological polar surface area (TPSA) is 48.9 Å². The van der Waals surface area contributed by atoms with Crippen molar-refractivity contribution in [1.82, 2.24) is 14.8 Å². The van der Waals surface area contributed by atoms with Crippen LogP contribution in [0, 0.1) is 5.92 Å². The van der Waals surface area contributed by atoms with Crippen molar-refractivity contribution in [2.75, 3.05) is 57.8 Å². The molecule has 202 valence electrons. The Morgan fingerprint density at radius 3 is 2.49 bits per heavy atom. The van der Waals surface area contributed by atoms with E-state index in [0.29, 0.717) is 18.2 Å². The van der Waals surface area contributed by atoms with E-state index in [2.05, 4.69) is 14.8 Å². The van der Waals surface area contributed by atoms with Crippen LogP contribution in [0.25, 0.3) is 0 Å². The minimum Gasteiger partial charge on any atom is -0.481 e. The second-order valence-electron chi connectivity index (χ2n) is 9.73. The number of likely N-dealkylation sites (tertiary alicyclic amines) is 1. The van der Waals surface area contributed by atoms with Crippen LogP contribution in [-0.2, 0) is 11.2 Å². The molecular formula is C27H35F3N4O2S. The van der Waals surface area contributed by atoms with Gasteiger partial charge in [-0.3, -0.25) is 9.69 Å². The number of alkyl halides is 3. The molecule has 0 N–H and O–H groups in total. The lowest BCUT2D eigenvalue weighted by atomic mass is 9.91. The van der Waals surface area contributed by atoms with Gasteiger partial charge in [-0.15, -0.1) is 0 Å². The third kappa shape index (κ3) is 8.53. The summed E-state index contributed by atoms with van der Waals surface area (Å²) in [5.74, 6) is 1.17. The van der Waals surface area contributed by atoms with E-state index >= 15 is 0 Å². The number of ether oxygens (including phenoxy) is 1. The Balaban J connectivity index is 1.15. The van der Waals surface area contributed by atoms with E-state index in [9.17, 15) is 18.0 Å². The third-order valence-corrected chi connectivity index (χ3v) is 7.82. The molecule has 1 atom stereocenters. The van der Waals surface area contributed by atoms with Crippen molar-refractivity contribution in [3.63, 3.8) is 0 Å². The van der Waals surface area contributed by atoms with E-state index in [1.54, 1.807) is 19.2 Å². The predicted octanol–water partition coefficient (Wildman–Crippen LogP) is 5.09. The number of methoxy groups -OCH3 is 1. The van der Waals surface area contributed by atoms with Crippen molar-refractivity contribution in [2.24, 2.45) is 5.92 Å². The van der Waals surface area contributed by atoms with Crippen LogP contribution < -0.4 is 9.64 Å². The molecule has 0 radical (unpaired) electrons. The van der Waals surface area contributed by atoms with Gasteiger partial charge in [0.15, 0.2) is 0 Å². The molecular weight excluding hydrogens is 501 g/mol. The highest BCUT2D eigenvalue weighted by molar-refractivity contribution is 8.00. The Bertz CT molecular complexity index is 996. The molecule has 2 saturated heterocycles. The predicted molar refractivity (Wildman–Crippen MR) is 140 cm³/mol. The smallest absolute Gasteiger partial charge is 0.446 e. The van der Waals surface area contributed by atoms with Gasteiger partial charge in [0.2, 0.25) is 11.8 Å². The maximum Gasteiger partial charge on any atom is 0.446 e. The average Bonchev–Trinajstić information content (AvgIpc) is 2.89. The number of anilines is 1. The zero-order chi connectivity index (χ0) is 26.3. The first-order chi connectivity index (χ1) is 17.8. The molecule has 4 rings (SSSR count). The summed E-state index contributed by atoms with van der Waals surface area (Å²) in [7, 11) is 1.61. The van der Waals surface area contributed by atoms with Crippen molar-refractivity contribution in [3.05, 3.63) is 48.2 Å². The highest BCUT2D eigenvalue weighted by atomic mass is 32.2. The van der Waals surface area contributed by atoms with Gasteiger partial charge in [0, 0.05) is 56.7 Å². The molecule has 2 fully saturated rings. The van der Waals surface area contributed by atoms with Crippen molar-refractivity contribution in [3.8, 4) is 5.88 Å². The Kier molecular flexibility index (Phi) is 9.59. The highest BCUT2D eigenvalue weighted by Gasteiger charge is 2.29. The first-order valence-corrected chi connectivity index (χ1v) is 13.7. The van der Waals surface area contributed by atoms with Crippen LogP contribution in [0.3, 0.4) is 0 Å². The van der Waals surface area contributed by atoms with Gasteiger partial charge in [0.05, 0.1) is 19.0 Å². The normalized spacial score (nSPS) is 19.2. The van der Waals surface area contributed by atoms with Gasteiger partial charge in [-0.25, -0.2) is 4.98 Å². The Morgan fingerprint density at radius 1 is 1.08 bits per heavy atom.